The summed E-state index contributed by atoms with van der Waals surface area (Å²) in [5, 5.41) is 9.21. The molecule has 1 aromatic rings. The number of hydrogen-bond donors (Lipinski definition) is 1. The van der Waals surface area contributed by atoms with Crippen molar-refractivity contribution in [2.45, 2.75) is 71.5 Å². The minimum absolute atomic E-state index is 0.152. The normalized spacial score (nSPS) is 15.5. The van der Waals surface area contributed by atoms with Crippen molar-refractivity contribution in [3.05, 3.63) is 29.8 Å². The fourth-order valence-corrected chi connectivity index (χ4v) is 3.84. The molecule has 1 fully saturated rings. The average molecular weight is 436 g/mol. The Morgan fingerprint density at radius 1 is 1.13 bits per heavy atom. The molecule has 1 aliphatic rings. The molecule has 0 radical (unpaired) electrons. The van der Waals surface area contributed by atoms with Gasteiger partial charge in [-0.2, -0.15) is 0 Å². The number of aliphatic carboxylic acids is 1. The number of nitrogens with zero attached hydrogens (tertiary/aromatic N) is 1. The monoisotopic (exact) mass is 435 g/mol. The van der Waals surface area contributed by atoms with Gasteiger partial charge >= 0.3 is 12.1 Å². The van der Waals surface area contributed by atoms with Gasteiger partial charge in [-0.15, -0.1) is 0 Å². The summed E-state index contributed by atoms with van der Waals surface area (Å²) in [6.45, 7) is 7.40. The largest absolute Gasteiger partial charge is 0.492 e. The van der Waals surface area contributed by atoms with Crippen LogP contribution in [0.2, 0.25) is 0 Å². The van der Waals surface area contributed by atoms with Crippen molar-refractivity contribution in [1.82, 2.24) is 4.90 Å². The summed E-state index contributed by atoms with van der Waals surface area (Å²) in [5.74, 6) is 0.246. The lowest BCUT2D eigenvalue weighted by Gasteiger charge is -2.29. The van der Waals surface area contributed by atoms with E-state index in [0.717, 1.165) is 18.4 Å². The summed E-state index contributed by atoms with van der Waals surface area (Å²) < 4.78 is 16.5. The molecule has 1 saturated carbocycles. The molecule has 7 heteroatoms. The Morgan fingerprint density at radius 2 is 1.81 bits per heavy atom. The third kappa shape index (κ3) is 9.17. The third-order valence-electron chi connectivity index (χ3n) is 5.42. The van der Waals surface area contributed by atoms with Gasteiger partial charge in [-0.1, -0.05) is 31.4 Å². The lowest BCUT2D eigenvalue weighted by Crippen LogP contribution is -2.40. The van der Waals surface area contributed by atoms with Gasteiger partial charge in [-0.05, 0) is 57.2 Å². The van der Waals surface area contributed by atoms with E-state index in [1.165, 1.54) is 19.3 Å². The van der Waals surface area contributed by atoms with E-state index in [4.69, 9.17) is 14.2 Å². The summed E-state index contributed by atoms with van der Waals surface area (Å²) in [7, 11) is 0. The number of rotatable bonds is 12. The van der Waals surface area contributed by atoms with Gasteiger partial charge in [0.05, 0.1) is 12.6 Å². The zero-order valence-corrected chi connectivity index (χ0v) is 19.0. The van der Waals surface area contributed by atoms with Crippen LogP contribution in [0.1, 0.15) is 58.4 Å². The maximum Gasteiger partial charge on any atom is 0.410 e. The van der Waals surface area contributed by atoms with Crippen LogP contribution in [0.15, 0.2) is 24.3 Å². The maximum absolute atomic E-state index is 12.5. The molecule has 7 nitrogen and oxygen atoms in total. The van der Waals surface area contributed by atoms with Crippen LogP contribution in [0.25, 0.3) is 0 Å². The fraction of sp³-hybridized carbons (Fsp3) is 0.667. The summed E-state index contributed by atoms with van der Waals surface area (Å²) in [5.41, 5.74) is 0.868. The van der Waals surface area contributed by atoms with Crippen molar-refractivity contribution >= 4 is 12.1 Å². The molecule has 0 heterocycles. The quantitative estimate of drug-likeness (QED) is 0.519. The topological polar surface area (TPSA) is 85.3 Å². The van der Waals surface area contributed by atoms with E-state index in [1.807, 2.05) is 38.1 Å². The molecule has 1 aliphatic carbocycles. The van der Waals surface area contributed by atoms with Crippen molar-refractivity contribution in [3.8, 4) is 5.75 Å². The second-order valence-electron chi connectivity index (χ2n) is 8.36. The molecule has 1 N–H and O–H groups in total. The molecule has 0 aliphatic heterocycles. The predicted octanol–water partition coefficient (Wildman–Crippen LogP) is 4.52. The second kappa shape index (κ2) is 13.2. The number of hydrogen-bond acceptors (Lipinski definition) is 5. The summed E-state index contributed by atoms with van der Waals surface area (Å²) in [6.07, 6.45) is 5.08. The van der Waals surface area contributed by atoms with Gasteiger partial charge < -0.3 is 24.2 Å². The number of ether oxygens (including phenoxy) is 3. The Labute approximate surface area is 185 Å². The lowest BCUT2D eigenvalue weighted by molar-refractivity contribution is -0.149. The molecular formula is C24H37NO6. The minimum atomic E-state index is -0.964. The fourth-order valence-electron chi connectivity index (χ4n) is 3.84. The molecule has 0 spiro atoms. The predicted molar refractivity (Wildman–Crippen MR) is 118 cm³/mol. The lowest BCUT2D eigenvalue weighted by atomic mass is 9.89. The zero-order valence-electron chi connectivity index (χ0n) is 19.0. The maximum atomic E-state index is 12.5. The molecule has 2 rings (SSSR count). The van der Waals surface area contributed by atoms with Gasteiger partial charge in [0.15, 0.2) is 6.10 Å². The van der Waals surface area contributed by atoms with Gasteiger partial charge in [0.1, 0.15) is 12.4 Å². The molecular weight excluding hydrogens is 398 g/mol. The first kappa shape index (κ1) is 25.0. The van der Waals surface area contributed by atoms with Crippen molar-refractivity contribution in [3.63, 3.8) is 0 Å². The summed E-state index contributed by atoms with van der Waals surface area (Å²) >= 11 is 0. The van der Waals surface area contributed by atoms with E-state index >= 15 is 0 Å². The Balaban J connectivity index is 1.86. The van der Waals surface area contributed by atoms with Gasteiger partial charge in [0.2, 0.25) is 0 Å². The van der Waals surface area contributed by atoms with E-state index in [2.05, 4.69) is 0 Å². The van der Waals surface area contributed by atoms with Crippen LogP contribution in [0, 0.1) is 5.92 Å². The van der Waals surface area contributed by atoms with Crippen LogP contribution in [0.5, 0.6) is 5.75 Å². The Morgan fingerprint density at radius 3 is 2.39 bits per heavy atom. The van der Waals surface area contributed by atoms with Crippen molar-refractivity contribution in [2.75, 3.05) is 26.3 Å². The van der Waals surface area contributed by atoms with Gasteiger partial charge in [-0.3, -0.25) is 0 Å². The molecule has 174 valence electrons. The van der Waals surface area contributed by atoms with E-state index in [-0.39, 0.29) is 12.2 Å². The number of carbonyl (C=O) groups excluding carboxylic acids is 1. The molecule has 0 saturated heterocycles. The van der Waals surface area contributed by atoms with Crippen LogP contribution in [0.3, 0.4) is 0 Å². The van der Waals surface area contributed by atoms with E-state index in [9.17, 15) is 14.7 Å². The Hall–Kier alpha value is -2.28. The molecule has 0 bridgehead atoms. The highest BCUT2D eigenvalue weighted by Gasteiger charge is 2.23. The van der Waals surface area contributed by atoms with Crippen molar-refractivity contribution in [1.29, 1.82) is 0 Å². The highest BCUT2D eigenvalue weighted by atomic mass is 16.6. The van der Waals surface area contributed by atoms with E-state index in [0.29, 0.717) is 44.4 Å². The van der Waals surface area contributed by atoms with Gasteiger partial charge in [0.25, 0.3) is 0 Å². The number of amides is 1. The van der Waals surface area contributed by atoms with Crippen LogP contribution in [-0.4, -0.2) is 60.6 Å². The Bertz CT molecular complexity index is 669. The van der Waals surface area contributed by atoms with Crippen molar-refractivity contribution in [2.24, 2.45) is 5.92 Å². The van der Waals surface area contributed by atoms with Gasteiger partial charge in [-0.25, -0.2) is 9.59 Å². The van der Waals surface area contributed by atoms with E-state index < -0.39 is 12.1 Å². The first-order valence-electron chi connectivity index (χ1n) is 11.4. The number of carboxylic acids is 1. The average Bonchev–Trinajstić information content (AvgIpc) is 2.74. The first-order valence-corrected chi connectivity index (χ1v) is 11.4. The number of benzene rings is 1. The second-order valence-corrected chi connectivity index (χ2v) is 8.36. The molecule has 1 unspecified atom stereocenters. The summed E-state index contributed by atoms with van der Waals surface area (Å²) in [6, 6.07) is 7.32. The first-order chi connectivity index (χ1) is 14.9. The highest BCUT2D eigenvalue weighted by Crippen LogP contribution is 2.25. The Kier molecular flexibility index (Phi) is 10.6. The SMILES string of the molecule is CCOC(Cc1ccc(OCCN(CC2CCCCC2)C(=O)OC(C)C)cc1)C(=O)O. The van der Waals surface area contributed by atoms with Crippen LogP contribution >= 0.6 is 0 Å². The zero-order chi connectivity index (χ0) is 22.6. The van der Waals surface area contributed by atoms with Crippen LogP contribution in [-0.2, 0) is 20.7 Å². The number of carboxylic acid groups (broad SMARTS) is 1. The summed E-state index contributed by atoms with van der Waals surface area (Å²) in [4.78, 5) is 25.5. The van der Waals surface area contributed by atoms with Crippen molar-refractivity contribution < 1.29 is 28.9 Å². The van der Waals surface area contributed by atoms with E-state index in [1.54, 1.807) is 11.8 Å². The molecule has 31 heavy (non-hydrogen) atoms. The highest BCUT2D eigenvalue weighted by molar-refractivity contribution is 5.72. The smallest absolute Gasteiger partial charge is 0.410 e. The molecule has 1 amide bonds. The van der Waals surface area contributed by atoms with Crippen LogP contribution < -0.4 is 4.74 Å². The standard InChI is InChI=1S/C24H37NO6/c1-4-29-22(23(26)27)16-19-10-12-21(13-11-19)30-15-14-25(24(28)31-18(2)3)17-20-8-6-5-7-9-20/h10-13,18,20,22H,4-9,14-17H2,1-3H3,(H,26,27). The van der Waals surface area contributed by atoms with Crippen LogP contribution in [0.4, 0.5) is 4.79 Å². The molecule has 0 aromatic heterocycles. The third-order valence-corrected chi connectivity index (χ3v) is 5.42. The minimum Gasteiger partial charge on any atom is -0.492 e. The number of carbonyl (C=O) groups is 2. The molecule has 1 atom stereocenters. The molecule has 1 aromatic carbocycles. The van der Waals surface area contributed by atoms with Gasteiger partial charge in [0, 0.05) is 19.6 Å².